The van der Waals surface area contributed by atoms with Crippen LogP contribution in [0.15, 0.2) is 60.2 Å². The minimum Gasteiger partial charge on any atom is -0.490 e. The van der Waals surface area contributed by atoms with Crippen LogP contribution >= 0.6 is 0 Å². The van der Waals surface area contributed by atoms with Gasteiger partial charge in [-0.1, -0.05) is 6.08 Å². The zero-order chi connectivity index (χ0) is 20.1. The highest BCUT2D eigenvalue weighted by Gasteiger charge is 2.11. The minimum absolute atomic E-state index is 0.502. The van der Waals surface area contributed by atoms with Gasteiger partial charge in [0.15, 0.2) is 0 Å². The number of aryl methyl sites for hydroxylation is 1. The van der Waals surface area contributed by atoms with Crippen molar-refractivity contribution < 1.29 is 9.47 Å². The third-order valence-corrected chi connectivity index (χ3v) is 4.51. The summed E-state index contributed by atoms with van der Waals surface area (Å²) in [6.07, 6.45) is 10.4. The number of fused-ring (bicyclic) bond motifs is 1. The Morgan fingerprint density at radius 2 is 2.10 bits per heavy atom. The van der Waals surface area contributed by atoms with Crippen LogP contribution in [-0.4, -0.2) is 47.3 Å². The van der Waals surface area contributed by atoms with Gasteiger partial charge in [-0.05, 0) is 24.3 Å². The molecule has 1 aliphatic heterocycles. The van der Waals surface area contributed by atoms with Crippen molar-refractivity contribution >= 4 is 28.0 Å². The SMILES string of the molecule is COCCOc1cnc2ccc(NCC3=NN(c4cnn(C)c4)C=CC3)cc2c1. The molecule has 0 aliphatic carbocycles. The highest BCUT2D eigenvalue weighted by molar-refractivity contribution is 5.92. The lowest BCUT2D eigenvalue weighted by molar-refractivity contribution is 0.146. The van der Waals surface area contributed by atoms with E-state index < -0.39 is 0 Å². The smallest absolute Gasteiger partial charge is 0.138 e. The molecule has 0 atom stereocenters. The van der Waals surface area contributed by atoms with E-state index in [2.05, 4.69) is 27.5 Å². The van der Waals surface area contributed by atoms with Crippen molar-refractivity contribution in [3.05, 3.63) is 55.1 Å². The fourth-order valence-corrected chi connectivity index (χ4v) is 3.04. The molecule has 150 valence electrons. The first-order valence-corrected chi connectivity index (χ1v) is 9.47. The molecule has 4 rings (SSSR count). The fourth-order valence-electron chi connectivity index (χ4n) is 3.04. The van der Waals surface area contributed by atoms with Crippen LogP contribution in [-0.2, 0) is 11.8 Å². The molecular weight excluding hydrogens is 368 g/mol. The number of aromatic nitrogens is 3. The molecule has 1 N–H and O–H groups in total. The summed E-state index contributed by atoms with van der Waals surface area (Å²) in [5, 5.41) is 15.2. The number of benzene rings is 1. The number of nitrogens with one attached hydrogen (secondary N) is 1. The van der Waals surface area contributed by atoms with E-state index in [4.69, 9.17) is 14.6 Å². The van der Waals surface area contributed by atoms with Gasteiger partial charge in [-0.2, -0.15) is 10.2 Å². The second-order valence-corrected chi connectivity index (χ2v) is 6.75. The average molecular weight is 392 g/mol. The Bertz CT molecular complexity index is 1040. The lowest BCUT2D eigenvalue weighted by Crippen LogP contribution is -2.21. The molecule has 8 heteroatoms. The number of anilines is 2. The second kappa shape index (κ2) is 8.74. The standard InChI is InChI=1S/C21H24N6O2/c1-26-15-19(13-24-26)27-7-3-4-18(25-27)12-22-17-5-6-21-16(10-17)11-20(14-23-21)29-9-8-28-2/h3,5-7,10-11,13-15,22H,4,8-9,12H2,1-2H3. The van der Waals surface area contributed by atoms with Gasteiger partial charge in [0.05, 0.1) is 43.0 Å². The van der Waals surface area contributed by atoms with E-state index in [0.29, 0.717) is 19.8 Å². The molecule has 1 aliphatic rings. The normalized spacial score (nSPS) is 13.6. The molecule has 0 amide bonds. The number of hydrogen-bond acceptors (Lipinski definition) is 7. The summed E-state index contributed by atoms with van der Waals surface area (Å²) in [5.41, 5.74) is 3.93. The molecule has 0 radical (unpaired) electrons. The summed E-state index contributed by atoms with van der Waals surface area (Å²) >= 11 is 0. The Kier molecular flexibility index (Phi) is 5.71. The number of rotatable bonds is 8. The van der Waals surface area contributed by atoms with E-state index in [1.54, 1.807) is 24.2 Å². The van der Waals surface area contributed by atoms with Crippen molar-refractivity contribution in [3.8, 4) is 5.75 Å². The summed E-state index contributed by atoms with van der Waals surface area (Å²) < 4.78 is 12.4. The third kappa shape index (κ3) is 4.72. The number of hydrazone groups is 1. The quantitative estimate of drug-likeness (QED) is 0.594. The summed E-state index contributed by atoms with van der Waals surface area (Å²) in [5.74, 6) is 0.737. The molecule has 0 saturated carbocycles. The van der Waals surface area contributed by atoms with Gasteiger partial charge in [-0.15, -0.1) is 0 Å². The van der Waals surface area contributed by atoms with E-state index in [9.17, 15) is 0 Å². The van der Waals surface area contributed by atoms with Gasteiger partial charge in [0, 0.05) is 37.9 Å². The van der Waals surface area contributed by atoms with Crippen LogP contribution in [0.5, 0.6) is 5.75 Å². The number of pyridine rings is 1. The van der Waals surface area contributed by atoms with Gasteiger partial charge in [0.2, 0.25) is 0 Å². The number of hydrogen-bond donors (Lipinski definition) is 1. The van der Waals surface area contributed by atoms with Crippen LogP contribution < -0.4 is 15.1 Å². The van der Waals surface area contributed by atoms with Gasteiger partial charge in [-0.25, -0.2) is 5.01 Å². The zero-order valence-corrected chi connectivity index (χ0v) is 16.6. The molecule has 3 heterocycles. The van der Waals surface area contributed by atoms with Crippen LogP contribution in [0.3, 0.4) is 0 Å². The van der Waals surface area contributed by atoms with Crippen LogP contribution in [0.4, 0.5) is 11.4 Å². The molecule has 8 nitrogen and oxygen atoms in total. The van der Waals surface area contributed by atoms with E-state index in [0.717, 1.165) is 40.2 Å². The average Bonchev–Trinajstić information content (AvgIpc) is 3.19. The maximum absolute atomic E-state index is 5.66. The van der Waals surface area contributed by atoms with Crippen molar-refractivity contribution in [1.82, 2.24) is 14.8 Å². The van der Waals surface area contributed by atoms with Crippen LogP contribution in [0.25, 0.3) is 10.9 Å². The summed E-state index contributed by atoms with van der Waals surface area (Å²) in [6.45, 7) is 1.71. The van der Waals surface area contributed by atoms with E-state index in [1.807, 2.05) is 42.7 Å². The summed E-state index contributed by atoms with van der Waals surface area (Å²) in [7, 11) is 3.55. The van der Waals surface area contributed by atoms with Crippen molar-refractivity contribution in [3.63, 3.8) is 0 Å². The molecule has 29 heavy (non-hydrogen) atoms. The third-order valence-electron chi connectivity index (χ3n) is 4.51. The Labute approximate surface area is 169 Å². The molecule has 0 saturated heterocycles. The van der Waals surface area contributed by atoms with Crippen molar-refractivity contribution in [2.24, 2.45) is 12.1 Å². The van der Waals surface area contributed by atoms with Crippen LogP contribution in [0.2, 0.25) is 0 Å². The molecule has 0 bridgehead atoms. The van der Waals surface area contributed by atoms with Gasteiger partial charge >= 0.3 is 0 Å². The van der Waals surface area contributed by atoms with E-state index in [1.165, 1.54) is 0 Å². The maximum atomic E-state index is 5.66. The van der Waals surface area contributed by atoms with Crippen molar-refractivity contribution in [2.75, 3.05) is 37.2 Å². The first kappa shape index (κ1) is 18.9. The molecular formula is C21H24N6O2. The number of nitrogens with zero attached hydrogens (tertiary/aromatic N) is 5. The monoisotopic (exact) mass is 392 g/mol. The minimum atomic E-state index is 0.502. The Hall–Kier alpha value is -3.39. The molecule has 0 unspecified atom stereocenters. The number of allylic oxidation sites excluding steroid dienone is 1. The van der Waals surface area contributed by atoms with Gasteiger partial charge < -0.3 is 14.8 Å². The number of methoxy groups -OCH3 is 1. The first-order chi connectivity index (χ1) is 14.2. The Balaban J connectivity index is 1.42. The molecule has 2 aromatic heterocycles. The summed E-state index contributed by atoms with van der Waals surface area (Å²) in [4.78, 5) is 4.46. The fraction of sp³-hybridized carbons (Fsp3) is 0.286. The molecule has 0 fully saturated rings. The zero-order valence-electron chi connectivity index (χ0n) is 16.6. The lowest BCUT2D eigenvalue weighted by Gasteiger charge is -2.19. The van der Waals surface area contributed by atoms with E-state index >= 15 is 0 Å². The van der Waals surface area contributed by atoms with Gasteiger partial charge in [0.1, 0.15) is 18.0 Å². The highest BCUT2D eigenvalue weighted by Crippen LogP contribution is 2.22. The van der Waals surface area contributed by atoms with Crippen LogP contribution in [0, 0.1) is 0 Å². The maximum Gasteiger partial charge on any atom is 0.138 e. The summed E-state index contributed by atoms with van der Waals surface area (Å²) in [6, 6.07) is 8.10. The Morgan fingerprint density at radius 1 is 1.17 bits per heavy atom. The predicted octanol–water partition coefficient (Wildman–Crippen LogP) is 3.19. The molecule has 1 aromatic carbocycles. The Morgan fingerprint density at radius 3 is 2.93 bits per heavy atom. The lowest BCUT2D eigenvalue weighted by atomic mass is 10.2. The predicted molar refractivity (Wildman–Crippen MR) is 114 cm³/mol. The molecule has 0 spiro atoms. The van der Waals surface area contributed by atoms with Crippen LogP contribution in [0.1, 0.15) is 6.42 Å². The van der Waals surface area contributed by atoms with Gasteiger partial charge in [0.25, 0.3) is 0 Å². The van der Waals surface area contributed by atoms with Gasteiger partial charge in [-0.3, -0.25) is 9.67 Å². The highest BCUT2D eigenvalue weighted by atomic mass is 16.5. The van der Waals surface area contributed by atoms with Crippen molar-refractivity contribution in [1.29, 1.82) is 0 Å². The number of ether oxygens (including phenoxy) is 2. The van der Waals surface area contributed by atoms with E-state index in [-0.39, 0.29) is 0 Å². The second-order valence-electron chi connectivity index (χ2n) is 6.75. The van der Waals surface area contributed by atoms with Crippen molar-refractivity contribution in [2.45, 2.75) is 6.42 Å². The first-order valence-electron chi connectivity index (χ1n) is 9.47. The largest absolute Gasteiger partial charge is 0.490 e. The topological polar surface area (TPSA) is 76.8 Å². The molecule has 3 aromatic rings.